The summed E-state index contributed by atoms with van der Waals surface area (Å²) in [5, 5.41) is 12.1. The summed E-state index contributed by atoms with van der Waals surface area (Å²) in [6, 6.07) is 24.9. The second-order valence-corrected chi connectivity index (χ2v) is 7.72. The maximum atomic E-state index is 12.5. The van der Waals surface area contributed by atoms with Gasteiger partial charge in [-0.15, -0.1) is 0 Å². The second-order valence-electron chi connectivity index (χ2n) is 6.87. The first-order valence-electron chi connectivity index (χ1n) is 9.52. The first-order chi connectivity index (χ1) is 15.0. The van der Waals surface area contributed by atoms with E-state index in [2.05, 4.69) is 32.9 Å². The summed E-state index contributed by atoms with van der Waals surface area (Å²) in [6.45, 7) is 1.84. The third-order valence-electron chi connectivity index (χ3n) is 4.76. The van der Waals surface area contributed by atoms with Gasteiger partial charge in [0.05, 0.1) is 16.4 Å². The van der Waals surface area contributed by atoms with Crippen LogP contribution in [-0.4, -0.2) is 21.8 Å². The average molecular weight is 449 g/mol. The molecule has 0 aliphatic rings. The minimum absolute atomic E-state index is 0.275. The number of aromatic amines is 1. The zero-order chi connectivity index (χ0) is 21.8. The number of amides is 1. The maximum Gasteiger partial charge on any atom is 0.289 e. The molecule has 5 nitrogen and oxygen atoms in total. The van der Waals surface area contributed by atoms with E-state index >= 15 is 0 Å². The number of halogens is 2. The topological polar surface area (TPSA) is 70.1 Å². The summed E-state index contributed by atoms with van der Waals surface area (Å²) in [5.41, 5.74) is 7.92. The molecular formula is C24H18Cl2N4O. The Bertz CT molecular complexity index is 1250. The van der Waals surface area contributed by atoms with Crippen LogP contribution in [0.4, 0.5) is 0 Å². The number of nitrogens with one attached hydrogen (secondary N) is 2. The lowest BCUT2D eigenvalue weighted by atomic mass is 10.0. The van der Waals surface area contributed by atoms with E-state index in [-0.39, 0.29) is 5.69 Å². The first-order valence-corrected chi connectivity index (χ1v) is 10.3. The van der Waals surface area contributed by atoms with E-state index in [1.165, 1.54) is 0 Å². The van der Waals surface area contributed by atoms with Crippen LogP contribution in [0.3, 0.4) is 0 Å². The van der Waals surface area contributed by atoms with E-state index in [1.54, 1.807) is 24.3 Å². The highest BCUT2D eigenvalue weighted by molar-refractivity contribution is 6.36. The van der Waals surface area contributed by atoms with Crippen LogP contribution in [0.25, 0.3) is 22.4 Å². The molecule has 0 spiro atoms. The van der Waals surface area contributed by atoms with Crippen LogP contribution < -0.4 is 5.43 Å². The van der Waals surface area contributed by atoms with E-state index in [4.69, 9.17) is 23.2 Å². The Kier molecular flexibility index (Phi) is 6.16. The Morgan fingerprint density at radius 1 is 0.935 bits per heavy atom. The molecule has 0 saturated carbocycles. The van der Waals surface area contributed by atoms with Gasteiger partial charge in [-0.3, -0.25) is 9.89 Å². The predicted molar refractivity (Wildman–Crippen MR) is 126 cm³/mol. The van der Waals surface area contributed by atoms with Gasteiger partial charge in [0.1, 0.15) is 5.69 Å². The summed E-state index contributed by atoms with van der Waals surface area (Å²) in [4.78, 5) is 12.5. The van der Waals surface area contributed by atoms with Crippen molar-refractivity contribution in [2.24, 2.45) is 5.10 Å². The Hall–Kier alpha value is -3.41. The van der Waals surface area contributed by atoms with Gasteiger partial charge in [-0.05, 0) is 47.9 Å². The molecule has 0 aliphatic heterocycles. The Morgan fingerprint density at radius 2 is 1.65 bits per heavy atom. The van der Waals surface area contributed by atoms with E-state index in [0.717, 1.165) is 16.7 Å². The average Bonchev–Trinajstić information content (AvgIpc) is 3.28. The number of hydrogen-bond donors (Lipinski definition) is 2. The van der Waals surface area contributed by atoms with Gasteiger partial charge < -0.3 is 0 Å². The molecule has 0 saturated heterocycles. The monoisotopic (exact) mass is 448 g/mol. The number of hydrogen-bond acceptors (Lipinski definition) is 3. The molecule has 0 atom stereocenters. The normalized spacial score (nSPS) is 11.4. The quantitative estimate of drug-likeness (QED) is 0.281. The third kappa shape index (κ3) is 4.85. The summed E-state index contributed by atoms with van der Waals surface area (Å²) in [6.07, 6.45) is 0. The van der Waals surface area contributed by atoms with E-state index in [1.807, 2.05) is 49.4 Å². The zero-order valence-corrected chi connectivity index (χ0v) is 18.1. The molecule has 2 N–H and O–H groups in total. The van der Waals surface area contributed by atoms with Crippen LogP contribution in [0.1, 0.15) is 23.0 Å². The van der Waals surface area contributed by atoms with Crippen molar-refractivity contribution in [2.75, 3.05) is 0 Å². The van der Waals surface area contributed by atoms with Crippen LogP contribution in [0.2, 0.25) is 10.0 Å². The van der Waals surface area contributed by atoms with Crippen LogP contribution in [-0.2, 0) is 0 Å². The van der Waals surface area contributed by atoms with Crippen LogP contribution in [0, 0.1) is 0 Å². The van der Waals surface area contributed by atoms with Crippen molar-refractivity contribution in [2.45, 2.75) is 6.92 Å². The SMILES string of the molecule is CC(=NNC(=O)c1cc(-c2ccc(Cl)cc2Cl)n[nH]1)c1ccc(-c2ccccc2)cc1. The minimum Gasteiger partial charge on any atom is -0.272 e. The molecule has 31 heavy (non-hydrogen) atoms. The molecule has 0 unspecified atom stereocenters. The molecule has 4 aromatic rings. The molecule has 1 heterocycles. The molecule has 0 bridgehead atoms. The van der Waals surface area contributed by atoms with Gasteiger partial charge in [-0.2, -0.15) is 10.2 Å². The van der Waals surface area contributed by atoms with E-state index < -0.39 is 5.91 Å². The summed E-state index contributed by atoms with van der Waals surface area (Å²) >= 11 is 12.1. The van der Waals surface area contributed by atoms with Crippen molar-refractivity contribution in [1.29, 1.82) is 0 Å². The summed E-state index contributed by atoms with van der Waals surface area (Å²) in [7, 11) is 0. The smallest absolute Gasteiger partial charge is 0.272 e. The number of carbonyl (C=O) groups is 1. The largest absolute Gasteiger partial charge is 0.289 e. The van der Waals surface area contributed by atoms with Crippen LogP contribution in [0.15, 0.2) is 84.0 Å². The molecule has 0 radical (unpaired) electrons. The number of benzene rings is 3. The Labute approximate surface area is 189 Å². The number of aromatic nitrogens is 2. The molecule has 1 aromatic heterocycles. The van der Waals surface area contributed by atoms with Gasteiger partial charge in [0, 0.05) is 10.6 Å². The van der Waals surface area contributed by atoms with Gasteiger partial charge in [-0.25, -0.2) is 5.43 Å². The number of rotatable bonds is 5. The Balaban J connectivity index is 1.45. The fraction of sp³-hybridized carbons (Fsp3) is 0.0417. The first kappa shape index (κ1) is 20.8. The lowest BCUT2D eigenvalue weighted by molar-refractivity contribution is 0.0950. The molecule has 154 valence electrons. The van der Waals surface area contributed by atoms with Gasteiger partial charge in [0.25, 0.3) is 5.91 Å². The van der Waals surface area contributed by atoms with Crippen molar-refractivity contribution >= 4 is 34.8 Å². The fourth-order valence-corrected chi connectivity index (χ4v) is 3.57. The van der Waals surface area contributed by atoms with Crippen LogP contribution in [0.5, 0.6) is 0 Å². The summed E-state index contributed by atoms with van der Waals surface area (Å²) in [5.74, 6) is -0.399. The van der Waals surface area contributed by atoms with Crippen molar-refractivity contribution in [3.05, 3.63) is 100 Å². The van der Waals surface area contributed by atoms with E-state index in [9.17, 15) is 4.79 Å². The molecule has 0 aliphatic carbocycles. The van der Waals surface area contributed by atoms with Crippen molar-refractivity contribution in [3.63, 3.8) is 0 Å². The molecule has 7 heteroatoms. The number of hydrazone groups is 1. The predicted octanol–water partition coefficient (Wildman–Crippen LogP) is 6.20. The van der Waals surface area contributed by atoms with Gasteiger partial charge in [-0.1, -0.05) is 77.8 Å². The zero-order valence-electron chi connectivity index (χ0n) is 16.6. The molecule has 1 amide bonds. The molecule has 3 aromatic carbocycles. The highest BCUT2D eigenvalue weighted by Crippen LogP contribution is 2.29. The van der Waals surface area contributed by atoms with Crippen LogP contribution >= 0.6 is 23.2 Å². The van der Waals surface area contributed by atoms with E-state index in [0.29, 0.717) is 27.0 Å². The van der Waals surface area contributed by atoms with Crippen molar-refractivity contribution in [1.82, 2.24) is 15.6 Å². The minimum atomic E-state index is -0.399. The standard InChI is InChI=1S/C24H18Cl2N4O/c1-15(16-7-9-18(10-8-16)17-5-3-2-4-6-17)27-30-24(31)23-14-22(28-29-23)20-12-11-19(25)13-21(20)26/h2-14H,1H3,(H,28,29)(H,30,31). The van der Waals surface area contributed by atoms with Gasteiger partial charge in [0.15, 0.2) is 0 Å². The Morgan fingerprint density at radius 3 is 2.35 bits per heavy atom. The maximum absolute atomic E-state index is 12.5. The van der Waals surface area contributed by atoms with Crippen molar-refractivity contribution < 1.29 is 4.79 Å². The lowest BCUT2D eigenvalue weighted by Crippen LogP contribution is -2.19. The molecule has 4 rings (SSSR count). The fourth-order valence-electron chi connectivity index (χ4n) is 3.07. The molecule has 0 fully saturated rings. The number of H-pyrrole nitrogens is 1. The highest BCUT2D eigenvalue weighted by Gasteiger charge is 2.13. The number of carbonyl (C=O) groups excluding carboxylic acids is 1. The summed E-state index contributed by atoms with van der Waals surface area (Å²) < 4.78 is 0. The highest BCUT2D eigenvalue weighted by atomic mass is 35.5. The third-order valence-corrected chi connectivity index (χ3v) is 5.31. The molecular weight excluding hydrogens is 431 g/mol. The van der Waals surface area contributed by atoms with Crippen molar-refractivity contribution in [3.8, 4) is 22.4 Å². The second kappa shape index (κ2) is 9.16. The van der Waals surface area contributed by atoms with Gasteiger partial charge in [0.2, 0.25) is 0 Å². The lowest BCUT2D eigenvalue weighted by Gasteiger charge is -2.05. The number of nitrogens with zero attached hydrogens (tertiary/aromatic N) is 2. The van der Waals surface area contributed by atoms with Gasteiger partial charge >= 0.3 is 0 Å².